The van der Waals surface area contributed by atoms with Gasteiger partial charge in [-0.25, -0.2) is 0 Å². The molecular formula is C19H25N. The van der Waals surface area contributed by atoms with Gasteiger partial charge in [-0.3, -0.25) is 0 Å². The van der Waals surface area contributed by atoms with Crippen LogP contribution in [0.15, 0.2) is 48.5 Å². The highest BCUT2D eigenvalue weighted by molar-refractivity contribution is 5.34. The van der Waals surface area contributed by atoms with Crippen LogP contribution in [0, 0.1) is 6.92 Å². The zero-order valence-corrected chi connectivity index (χ0v) is 12.8. The Morgan fingerprint density at radius 3 is 1.90 bits per heavy atom. The van der Waals surface area contributed by atoms with E-state index in [1.54, 1.807) is 0 Å². The Kier molecular flexibility index (Phi) is 5.37. The lowest BCUT2D eigenvalue weighted by atomic mass is 9.96. The molecule has 1 nitrogen and oxygen atoms in total. The highest BCUT2D eigenvalue weighted by Gasteiger charge is 2.12. The van der Waals surface area contributed by atoms with E-state index >= 15 is 0 Å². The number of rotatable bonds is 6. The minimum absolute atomic E-state index is 0.293. The van der Waals surface area contributed by atoms with Crippen molar-refractivity contribution in [2.75, 3.05) is 6.54 Å². The van der Waals surface area contributed by atoms with Crippen molar-refractivity contribution in [3.8, 4) is 0 Å². The van der Waals surface area contributed by atoms with E-state index in [1.807, 2.05) is 0 Å². The molecule has 2 aromatic rings. The Labute approximate surface area is 123 Å². The summed E-state index contributed by atoms with van der Waals surface area (Å²) in [5.74, 6) is 0. The molecule has 1 unspecified atom stereocenters. The normalized spacial score (nSPS) is 12.3. The summed E-state index contributed by atoms with van der Waals surface area (Å²) in [4.78, 5) is 0. The topological polar surface area (TPSA) is 12.0 Å². The van der Waals surface area contributed by atoms with Gasteiger partial charge in [0, 0.05) is 0 Å². The van der Waals surface area contributed by atoms with E-state index in [0.717, 1.165) is 19.4 Å². The third kappa shape index (κ3) is 3.71. The molecule has 1 heteroatoms. The van der Waals surface area contributed by atoms with Crippen molar-refractivity contribution in [3.63, 3.8) is 0 Å². The number of hydrogen-bond donors (Lipinski definition) is 1. The first kappa shape index (κ1) is 14.8. The molecule has 0 saturated carbocycles. The number of aryl methyl sites for hydroxylation is 2. The van der Waals surface area contributed by atoms with Crippen LogP contribution in [0.4, 0.5) is 0 Å². The fourth-order valence-corrected chi connectivity index (χ4v) is 2.42. The molecule has 1 atom stereocenters. The smallest absolute Gasteiger partial charge is 0.0576 e. The fraction of sp³-hybridized carbons (Fsp3) is 0.368. The Morgan fingerprint density at radius 1 is 0.850 bits per heavy atom. The van der Waals surface area contributed by atoms with Gasteiger partial charge in [-0.1, -0.05) is 67.9 Å². The molecule has 0 radical (unpaired) electrons. The lowest BCUT2D eigenvalue weighted by Crippen LogP contribution is -2.23. The van der Waals surface area contributed by atoms with Crippen molar-refractivity contribution in [3.05, 3.63) is 70.8 Å². The molecule has 20 heavy (non-hydrogen) atoms. The zero-order chi connectivity index (χ0) is 14.4. The molecule has 106 valence electrons. The molecule has 1 N–H and O–H groups in total. The van der Waals surface area contributed by atoms with Crippen LogP contribution in [0.3, 0.4) is 0 Å². The van der Waals surface area contributed by atoms with Gasteiger partial charge >= 0.3 is 0 Å². The summed E-state index contributed by atoms with van der Waals surface area (Å²) in [7, 11) is 0. The standard InChI is InChI=1S/C19H25N/c1-4-14-20-19(17-10-6-15(3)7-11-17)18-12-8-16(5-2)9-13-18/h6-13,19-20H,4-5,14H2,1-3H3. The van der Waals surface area contributed by atoms with E-state index in [4.69, 9.17) is 0 Å². The van der Waals surface area contributed by atoms with Crippen LogP contribution in [-0.2, 0) is 6.42 Å². The van der Waals surface area contributed by atoms with Crippen LogP contribution in [0.25, 0.3) is 0 Å². The van der Waals surface area contributed by atoms with Gasteiger partial charge in [-0.15, -0.1) is 0 Å². The van der Waals surface area contributed by atoms with Crippen molar-refractivity contribution in [2.45, 2.75) is 39.7 Å². The lowest BCUT2D eigenvalue weighted by molar-refractivity contribution is 0.598. The minimum atomic E-state index is 0.293. The fourth-order valence-electron chi connectivity index (χ4n) is 2.42. The largest absolute Gasteiger partial charge is 0.306 e. The van der Waals surface area contributed by atoms with Gasteiger partial charge in [0.05, 0.1) is 6.04 Å². The second-order valence-corrected chi connectivity index (χ2v) is 5.39. The Hall–Kier alpha value is -1.60. The van der Waals surface area contributed by atoms with Crippen LogP contribution in [-0.4, -0.2) is 6.54 Å². The van der Waals surface area contributed by atoms with E-state index in [-0.39, 0.29) is 0 Å². The van der Waals surface area contributed by atoms with E-state index in [0.29, 0.717) is 6.04 Å². The van der Waals surface area contributed by atoms with Crippen molar-refractivity contribution in [2.24, 2.45) is 0 Å². The Bertz CT molecular complexity index is 510. The highest BCUT2D eigenvalue weighted by atomic mass is 14.9. The first-order valence-electron chi connectivity index (χ1n) is 7.63. The summed E-state index contributed by atoms with van der Waals surface area (Å²) >= 11 is 0. The molecule has 2 aromatic carbocycles. The lowest BCUT2D eigenvalue weighted by Gasteiger charge is -2.20. The summed E-state index contributed by atoms with van der Waals surface area (Å²) in [6.45, 7) is 7.57. The van der Waals surface area contributed by atoms with Crippen LogP contribution in [0.2, 0.25) is 0 Å². The number of hydrogen-bond acceptors (Lipinski definition) is 1. The van der Waals surface area contributed by atoms with Crippen LogP contribution >= 0.6 is 0 Å². The SMILES string of the molecule is CCCNC(c1ccc(C)cc1)c1ccc(CC)cc1. The van der Waals surface area contributed by atoms with Crippen molar-refractivity contribution in [1.82, 2.24) is 5.32 Å². The predicted octanol–water partition coefficient (Wildman–Crippen LogP) is 4.65. The summed E-state index contributed by atoms with van der Waals surface area (Å²) < 4.78 is 0. The van der Waals surface area contributed by atoms with Crippen molar-refractivity contribution < 1.29 is 0 Å². The average molecular weight is 267 g/mol. The van der Waals surface area contributed by atoms with Crippen LogP contribution in [0.1, 0.15) is 48.6 Å². The van der Waals surface area contributed by atoms with E-state index in [2.05, 4.69) is 74.6 Å². The molecule has 0 saturated heterocycles. The monoisotopic (exact) mass is 267 g/mol. The van der Waals surface area contributed by atoms with Gasteiger partial charge in [-0.05, 0) is 43.0 Å². The van der Waals surface area contributed by atoms with Crippen molar-refractivity contribution in [1.29, 1.82) is 0 Å². The molecule has 0 spiro atoms. The Balaban J connectivity index is 2.27. The molecule has 0 bridgehead atoms. The predicted molar refractivity (Wildman–Crippen MR) is 87.1 cm³/mol. The van der Waals surface area contributed by atoms with Gasteiger partial charge < -0.3 is 5.32 Å². The summed E-state index contributed by atoms with van der Waals surface area (Å²) in [6, 6.07) is 18.1. The summed E-state index contributed by atoms with van der Waals surface area (Å²) in [6.07, 6.45) is 2.24. The summed E-state index contributed by atoms with van der Waals surface area (Å²) in [5.41, 5.74) is 5.39. The maximum Gasteiger partial charge on any atom is 0.0576 e. The van der Waals surface area contributed by atoms with Gasteiger partial charge in [0.1, 0.15) is 0 Å². The van der Waals surface area contributed by atoms with E-state index in [9.17, 15) is 0 Å². The molecule has 0 heterocycles. The van der Waals surface area contributed by atoms with Gasteiger partial charge in [0.2, 0.25) is 0 Å². The third-order valence-corrected chi connectivity index (χ3v) is 3.73. The number of benzene rings is 2. The second-order valence-electron chi connectivity index (χ2n) is 5.39. The second kappa shape index (κ2) is 7.25. The summed E-state index contributed by atoms with van der Waals surface area (Å²) in [5, 5.41) is 3.66. The quantitative estimate of drug-likeness (QED) is 0.803. The first-order chi connectivity index (χ1) is 9.74. The molecule has 0 fully saturated rings. The highest BCUT2D eigenvalue weighted by Crippen LogP contribution is 2.23. The Morgan fingerprint density at radius 2 is 1.40 bits per heavy atom. The van der Waals surface area contributed by atoms with Gasteiger partial charge in [0.15, 0.2) is 0 Å². The van der Waals surface area contributed by atoms with E-state index in [1.165, 1.54) is 22.3 Å². The molecule has 0 aromatic heterocycles. The average Bonchev–Trinajstić information content (AvgIpc) is 2.50. The van der Waals surface area contributed by atoms with E-state index < -0.39 is 0 Å². The van der Waals surface area contributed by atoms with Gasteiger partial charge in [0.25, 0.3) is 0 Å². The molecule has 0 aliphatic rings. The molecular weight excluding hydrogens is 242 g/mol. The van der Waals surface area contributed by atoms with Crippen molar-refractivity contribution >= 4 is 0 Å². The van der Waals surface area contributed by atoms with Crippen LogP contribution < -0.4 is 5.32 Å². The van der Waals surface area contributed by atoms with Gasteiger partial charge in [-0.2, -0.15) is 0 Å². The molecule has 0 amide bonds. The van der Waals surface area contributed by atoms with Crippen LogP contribution in [0.5, 0.6) is 0 Å². The molecule has 0 aliphatic heterocycles. The maximum absolute atomic E-state index is 3.66. The maximum atomic E-state index is 3.66. The third-order valence-electron chi connectivity index (χ3n) is 3.73. The molecule has 2 rings (SSSR count). The number of nitrogens with one attached hydrogen (secondary N) is 1. The molecule has 0 aliphatic carbocycles. The minimum Gasteiger partial charge on any atom is -0.306 e. The zero-order valence-electron chi connectivity index (χ0n) is 12.8. The first-order valence-corrected chi connectivity index (χ1v) is 7.63.